The first-order valence-corrected chi connectivity index (χ1v) is 29.0. The Morgan fingerprint density at radius 1 is 0.635 bits per heavy atom. The molecule has 1 heterocycles. The van der Waals surface area contributed by atoms with Gasteiger partial charge in [0.05, 0.1) is 36.6 Å². The lowest BCUT2D eigenvalue weighted by molar-refractivity contribution is -0.162. The van der Waals surface area contributed by atoms with E-state index in [9.17, 15) is 14.4 Å². The summed E-state index contributed by atoms with van der Waals surface area (Å²) >= 11 is 0. The van der Waals surface area contributed by atoms with E-state index in [0.717, 1.165) is 0 Å². The Morgan fingerprint density at radius 3 is 1.38 bits per heavy atom. The summed E-state index contributed by atoms with van der Waals surface area (Å²) in [5, 5.41) is 0. The molecule has 318 valence electrons. The fourth-order valence-electron chi connectivity index (χ4n) is 5.02. The Kier molecular flexibility index (Phi) is 29.8. The van der Waals surface area contributed by atoms with Crippen molar-refractivity contribution in [1.82, 2.24) is 0 Å². The van der Waals surface area contributed by atoms with E-state index in [4.69, 9.17) is 31.3 Å². The van der Waals surface area contributed by atoms with Crippen molar-refractivity contribution >= 4 is 51.7 Å². The zero-order chi connectivity index (χ0) is 35.8. The first kappa shape index (κ1) is 63.1. The van der Waals surface area contributed by atoms with Crippen LogP contribution in [0.1, 0.15) is 118 Å². The topological polar surface area (TPSA) is 119 Å². The Balaban J connectivity index is -0.000000882. The van der Waals surface area contributed by atoms with Gasteiger partial charge in [-0.1, -0.05) is 51.5 Å². The van der Waals surface area contributed by atoms with Crippen molar-refractivity contribution < 1.29 is 45.7 Å². The summed E-state index contributed by atoms with van der Waals surface area (Å²) in [6.45, 7) is 29.8. The Hall–Kier alpha value is -0.882. The number of hydrogen-bond donors (Lipinski definition) is 0. The maximum Gasteiger partial charge on any atom is 0.469 e. The second-order valence-corrected chi connectivity index (χ2v) is 34.0. The number of hydrogen-bond acceptors (Lipinski definition) is 10. The minimum absolute atomic E-state index is 0. The molecule has 3 unspecified atom stereocenters. The Labute approximate surface area is 328 Å². The molecule has 3 atom stereocenters. The van der Waals surface area contributed by atoms with Crippen molar-refractivity contribution in [2.24, 2.45) is 16.2 Å². The Bertz CT molecular complexity index is 976. The molecule has 0 bridgehead atoms. The summed E-state index contributed by atoms with van der Waals surface area (Å²) in [6.07, 6.45) is 2.75. The van der Waals surface area contributed by atoms with Gasteiger partial charge in [-0.15, -0.1) is 0 Å². The van der Waals surface area contributed by atoms with Crippen molar-refractivity contribution in [2.45, 2.75) is 189 Å². The van der Waals surface area contributed by atoms with Gasteiger partial charge in [0.1, 0.15) is 12.7 Å². The third-order valence-corrected chi connectivity index (χ3v) is 20.1. The minimum Gasteiger partial charge on any atom is -0.469 e. The predicted octanol–water partition coefficient (Wildman–Crippen LogP) is 11.4. The van der Waals surface area contributed by atoms with E-state index < -0.39 is 50.0 Å². The average molecular weight is 819 g/mol. The molecule has 0 aliphatic carbocycles. The maximum atomic E-state index is 13.6. The van der Waals surface area contributed by atoms with Crippen LogP contribution in [0, 0.1) is 16.2 Å². The molecule has 52 heavy (non-hydrogen) atoms. The van der Waals surface area contributed by atoms with Crippen LogP contribution in [0.3, 0.4) is 0 Å². The zero-order valence-electron chi connectivity index (χ0n) is 31.7. The minimum atomic E-state index is -3.03. The van der Waals surface area contributed by atoms with Gasteiger partial charge in [-0.2, -0.15) is 0 Å². The lowest BCUT2D eigenvalue weighted by Gasteiger charge is -2.43. The van der Waals surface area contributed by atoms with Gasteiger partial charge in [-0.05, 0) is 125 Å². The van der Waals surface area contributed by atoms with E-state index in [1.807, 2.05) is 34.6 Å². The lowest BCUT2D eigenvalue weighted by atomic mass is 9.71. The summed E-state index contributed by atoms with van der Waals surface area (Å²) < 4.78 is 42.0. The quantitative estimate of drug-likeness (QED) is 0.0343. The molecule has 0 amide bonds. The highest BCUT2D eigenvalue weighted by Crippen LogP contribution is 2.41. The molecule has 1 aliphatic heterocycles. The van der Waals surface area contributed by atoms with Crippen molar-refractivity contribution in [2.75, 3.05) is 26.9 Å². The summed E-state index contributed by atoms with van der Waals surface area (Å²) in [5.41, 5.74) is -2.47. The van der Waals surface area contributed by atoms with Crippen LogP contribution < -0.4 is 0 Å². The summed E-state index contributed by atoms with van der Waals surface area (Å²) in [5.74, 6) is -0.962. The van der Waals surface area contributed by atoms with E-state index in [1.165, 1.54) is 7.11 Å². The van der Waals surface area contributed by atoms with Crippen LogP contribution >= 0.6 is 0 Å². The Morgan fingerprint density at radius 2 is 1.02 bits per heavy atom. The normalized spacial score (nSPS) is 16.6. The molecule has 1 aliphatic rings. The number of ether oxygens (including phenoxy) is 4. The SMILES string of the molecule is C.C.C.C.C.C.CCC(C)(CCC(C)(CCC(C)(C)C(=O)OC)C(=O)OCC1CO1)C(=O)OCCC[Si](O[Si](C)(C)C)(O[Si](C)(C)C)O[Si](C)(C)C. The molecule has 1 saturated heterocycles. The average Bonchev–Trinajstić information content (AvgIpc) is 3.72. The van der Waals surface area contributed by atoms with Crippen LogP contribution in [0.25, 0.3) is 0 Å². The molecule has 14 heteroatoms. The van der Waals surface area contributed by atoms with Gasteiger partial charge < -0.3 is 31.3 Å². The summed E-state index contributed by atoms with van der Waals surface area (Å²) in [6, 6.07) is 0.590. The third-order valence-electron chi connectivity index (χ3n) is 8.08. The first-order valence-electron chi connectivity index (χ1n) is 16.9. The highest BCUT2D eigenvalue weighted by Gasteiger charge is 2.50. The van der Waals surface area contributed by atoms with Crippen LogP contribution in [0.2, 0.25) is 65.0 Å². The molecular formula is C38H90O10Si4. The van der Waals surface area contributed by atoms with Gasteiger partial charge in [-0.3, -0.25) is 14.4 Å². The van der Waals surface area contributed by atoms with Crippen LogP contribution in [0.4, 0.5) is 0 Å². The molecule has 0 aromatic heterocycles. The lowest BCUT2D eigenvalue weighted by Crippen LogP contribution is -2.60. The van der Waals surface area contributed by atoms with Crippen LogP contribution in [-0.4, -0.2) is 84.7 Å². The van der Waals surface area contributed by atoms with Gasteiger partial charge in [0.15, 0.2) is 25.0 Å². The fraction of sp³-hybridized carbons (Fsp3) is 0.921. The van der Waals surface area contributed by atoms with E-state index in [1.54, 1.807) is 0 Å². The fourth-order valence-corrected chi connectivity index (χ4v) is 19.6. The largest absolute Gasteiger partial charge is 0.469 e. The van der Waals surface area contributed by atoms with Crippen molar-refractivity contribution in [3.8, 4) is 0 Å². The molecule has 0 aromatic rings. The smallest absolute Gasteiger partial charge is 0.469 e. The van der Waals surface area contributed by atoms with Crippen LogP contribution in [-0.2, 0) is 45.7 Å². The number of carbonyl (C=O) groups excluding carboxylic acids is 3. The number of epoxide rings is 1. The molecule has 0 spiro atoms. The first-order chi connectivity index (χ1) is 20.7. The number of rotatable bonds is 22. The van der Waals surface area contributed by atoms with E-state index in [2.05, 4.69) is 58.9 Å². The highest BCUT2D eigenvalue weighted by atomic mass is 28.5. The number of carbonyl (C=O) groups is 3. The van der Waals surface area contributed by atoms with Crippen molar-refractivity contribution in [1.29, 1.82) is 0 Å². The molecule has 0 aromatic carbocycles. The van der Waals surface area contributed by atoms with Crippen molar-refractivity contribution in [3.63, 3.8) is 0 Å². The van der Waals surface area contributed by atoms with Crippen LogP contribution in [0.15, 0.2) is 0 Å². The summed E-state index contributed by atoms with van der Waals surface area (Å²) in [7, 11) is -7.68. The highest BCUT2D eigenvalue weighted by molar-refractivity contribution is 6.90. The van der Waals surface area contributed by atoms with Gasteiger partial charge >= 0.3 is 26.7 Å². The van der Waals surface area contributed by atoms with Gasteiger partial charge in [0.25, 0.3) is 0 Å². The van der Waals surface area contributed by atoms with E-state index in [0.29, 0.717) is 51.2 Å². The molecule has 1 fully saturated rings. The van der Waals surface area contributed by atoms with E-state index >= 15 is 0 Å². The molecule has 0 saturated carbocycles. The molecule has 10 nitrogen and oxygen atoms in total. The standard InChI is InChI=1S/C32H66O10Si4.6CH4/c1-16-31(4,20-21-32(5,29(35)39-25-26-24-38-26)19-18-30(2,3)27(33)36-6)28(34)37-22-17-23-46(40-43(7,8)9,41-44(10,11)12)42-45(13,14)15;;;;;;/h26H,16-25H2,1-15H3;6*1H4. The van der Waals surface area contributed by atoms with Gasteiger partial charge in [0.2, 0.25) is 0 Å². The molecule has 0 radical (unpaired) electrons. The number of esters is 3. The molecular weight excluding hydrogens is 729 g/mol. The third kappa shape index (κ3) is 23.1. The monoisotopic (exact) mass is 819 g/mol. The van der Waals surface area contributed by atoms with Crippen molar-refractivity contribution in [3.05, 3.63) is 0 Å². The maximum absolute atomic E-state index is 13.6. The molecule has 0 N–H and O–H groups in total. The summed E-state index contributed by atoms with van der Waals surface area (Å²) in [4.78, 5) is 39.3. The second-order valence-electron chi connectivity index (χ2n) is 17.0. The van der Waals surface area contributed by atoms with Crippen LogP contribution in [0.5, 0.6) is 0 Å². The van der Waals surface area contributed by atoms with Gasteiger partial charge in [-0.25, -0.2) is 0 Å². The van der Waals surface area contributed by atoms with Gasteiger partial charge in [0, 0.05) is 6.04 Å². The van der Waals surface area contributed by atoms with E-state index in [-0.39, 0.29) is 81.8 Å². The second kappa shape index (κ2) is 24.6. The molecule has 1 rings (SSSR count). The predicted molar refractivity (Wildman–Crippen MR) is 231 cm³/mol. The number of methoxy groups -OCH3 is 1. The zero-order valence-corrected chi connectivity index (χ0v) is 35.7.